The molecule has 0 aliphatic rings. The van der Waals surface area contributed by atoms with Crippen molar-refractivity contribution in [3.8, 4) is 0 Å². The predicted octanol–water partition coefficient (Wildman–Crippen LogP) is 1.59. The van der Waals surface area contributed by atoms with E-state index in [2.05, 4.69) is 10.6 Å². The molecule has 0 unspecified atom stereocenters. The van der Waals surface area contributed by atoms with Crippen molar-refractivity contribution in [1.29, 1.82) is 0 Å². The summed E-state index contributed by atoms with van der Waals surface area (Å²) < 4.78 is 10.1. The van der Waals surface area contributed by atoms with Crippen molar-refractivity contribution in [2.75, 3.05) is 13.1 Å². The lowest BCUT2D eigenvalue weighted by molar-refractivity contribution is 0.0527. The quantitative estimate of drug-likeness (QED) is 0.686. The van der Waals surface area contributed by atoms with E-state index in [-0.39, 0.29) is 5.56 Å². The number of nitrogens with one attached hydrogen (secondary N) is 2. The van der Waals surface area contributed by atoms with Gasteiger partial charge in [-0.05, 0) is 26.8 Å². The number of carbonyl (C=O) groups excluding carboxylic acids is 1. The Morgan fingerprint density at radius 2 is 2.05 bits per heavy atom. The molecule has 0 aliphatic carbocycles. The molecule has 20 heavy (non-hydrogen) atoms. The zero-order valence-electron chi connectivity index (χ0n) is 11.9. The molecular formula is C13H20N2O5. The summed E-state index contributed by atoms with van der Waals surface area (Å²) in [5.74, 6) is -0.494. The summed E-state index contributed by atoms with van der Waals surface area (Å²) in [4.78, 5) is 22.0. The summed E-state index contributed by atoms with van der Waals surface area (Å²) in [6, 6.07) is 1.45. The number of furan rings is 1. The van der Waals surface area contributed by atoms with Gasteiger partial charge >= 0.3 is 12.1 Å². The van der Waals surface area contributed by atoms with Crippen LogP contribution in [0.3, 0.4) is 0 Å². The molecule has 3 N–H and O–H groups in total. The van der Waals surface area contributed by atoms with Gasteiger partial charge in [0.15, 0.2) is 0 Å². The van der Waals surface area contributed by atoms with Gasteiger partial charge < -0.3 is 24.9 Å². The van der Waals surface area contributed by atoms with Crippen molar-refractivity contribution in [2.24, 2.45) is 0 Å². The second-order valence-electron chi connectivity index (χ2n) is 5.21. The lowest BCUT2D eigenvalue weighted by Crippen LogP contribution is -2.36. The maximum Gasteiger partial charge on any atom is 0.407 e. The fourth-order valence-electron chi connectivity index (χ4n) is 1.36. The van der Waals surface area contributed by atoms with Gasteiger partial charge in [0.25, 0.3) is 0 Å². The molecule has 0 spiro atoms. The minimum atomic E-state index is -1.02. The zero-order valence-corrected chi connectivity index (χ0v) is 11.9. The molecule has 1 heterocycles. The summed E-state index contributed by atoms with van der Waals surface area (Å²) >= 11 is 0. The van der Waals surface area contributed by atoms with Gasteiger partial charge in [0.2, 0.25) is 0 Å². The van der Waals surface area contributed by atoms with E-state index < -0.39 is 17.7 Å². The van der Waals surface area contributed by atoms with Gasteiger partial charge in [0, 0.05) is 13.1 Å². The monoisotopic (exact) mass is 284 g/mol. The second-order valence-corrected chi connectivity index (χ2v) is 5.21. The fourth-order valence-corrected chi connectivity index (χ4v) is 1.36. The minimum Gasteiger partial charge on any atom is -0.478 e. The van der Waals surface area contributed by atoms with Gasteiger partial charge in [-0.3, -0.25) is 0 Å². The SMILES string of the molecule is CC(C)(C)OC(=O)NCCNCc1cc(C(=O)O)co1. The summed E-state index contributed by atoms with van der Waals surface area (Å²) in [7, 11) is 0. The molecule has 0 saturated carbocycles. The summed E-state index contributed by atoms with van der Waals surface area (Å²) in [5, 5.41) is 14.3. The Morgan fingerprint density at radius 3 is 2.60 bits per heavy atom. The average molecular weight is 284 g/mol. The third kappa shape index (κ3) is 6.24. The number of rotatable bonds is 6. The first-order valence-corrected chi connectivity index (χ1v) is 6.26. The van der Waals surface area contributed by atoms with Crippen LogP contribution in [0.1, 0.15) is 36.9 Å². The van der Waals surface area contributed by atoms with Crippen molar-refractivity contribution >= 4 is 12.1 Å². The number of alkyl carbamates (subject to hydrolysis) is 1. The van der Waals surface area contributed by atoms with Crippen LogP contribution >= 0.6 is 0 Å². The third-order valence-electron chi connectivity index (χ3n) is 2.17. The third-order valence-corrected chi connectivity index (χ3v) is 2.17. The lowest BCUT2D eigenvalue weighted by atomic mass is 10.2. The molecule has 0 saturated heterocycles. The molecule has 1 amide bonds. The molecule has 1 aromatic rings. The Bertz CT molecular complexity index is 462. The molecule has 7 nitrogen and oxygen atoms in total. The van der Waals surface area contributed by atoms with Crippen LogP contribution in [0.25, 0.3) is 0 Å². The largest absolute Gasteiger partial charge is 0.478 e. The molecule has 0 atom stereocenters. The fraction of sp³-hybridized carbons (Fsp3) is 0.538. The normalized spacial score (nSPS) is 11.2. The highest BCUT2D eigenvalue weighted by Crippen LogP contribution is 2.07. The van der Waals surface area contributed by atoms with Gasteiger partial charge in [0.1, 0.15) is 17.6 Å². The Morgan fingerprint density at radius 1 is 1.35 bits per heavy atom. The van der Waals surface area contributed by atoms with Crippen LogP contribution in [-0.4, -0.2) is 35.9 Å². The first-order valence-electron chi connectivity index (χ1n) is 6.26. The highest BCUT2D eigenvalue weighted by atomic mass is 16.6. The van der Waals surface area contributed by atoms with Crippen LogP contribution in [-0.2, 0) is 11.3 Å². The van der Waals surface area contributed by atoms with E-state index in [1.165, 1.54) is 12.3 Å². The molecule has 7 heteroatoms. The zero-order chi connectivity index (χ0) is 15.2. The van der Waals surface area contributed by atoms with Gasteiger partial charge in [-0.1, -0.05) is 0 Å². The van der Waals surface area contributed by atoms with Crippen LogP contribution < -0.4 is 10.6 Å². The van der Waals surface area contributed by atoms with E-state index >= 15 is 0 Å². The number of carboxylic acid groups (broad SMARTS) is 1. The van der Waals surface area contributed by atoms with Crippen molar-refractivity contribution in [3.63, 3.8) is 0 Å². The van der Waals surface area contributed by atoms with Crippen LogP contribution in [0.4, 0.5) is 4.79 Å². The number of hydrogen-bond donors (Lipinski definition) is 3. The predicted molar refractivity (Wildman–Crippen MR) is 71.6 cm³/mol. The summed E-state index contributed by atoms with van der Waals surface area (Å²) in [6.07, 6.45) is 0.726. The Labute approximate surface area is 117 Å². The molecule has 1 aromatic heterocycles. The van der Waals surface area contributed by atoms with Gasteiger partial charge in [0.05, 0.1) is 12.1 Å². The van der Waals surface area contributed by atoms with Crippen molar-refractivity contribution in [3.05, 3.63) is 23.7 Å². The number of amides is 1. The summed E-state index contributed by atoms with van der Waals surface area (Å²) in [6.45, 7) is 6.69. The molecule has 112 valence electrons. The Hall–Kier alpha value is -2.02. The molecule has 0 radical (unpaired) electrons. The number of hydrogen-bond acceptors (Lipinski definition) is 5. The van der Waals surface area contributed by atoms with Crippen molar-refractivity contribution in [2.45, 2.75) is 32.9 Å². The second kappa shape index (κ2) is 6.95. The first kappa shape index (κ1) is 16.0. The van der Waals surface area contributed by atoms with Gasteiger partial charge in [-0.15, -0.1) is 0 Å². The standard InChI is InChI=1S/C13H20N2O5/c1-13(2,3)20-12(18)15-5-4-14-7-10-6-9(8-19-10)11(16)17/h6,8,14H,4-5,7H2,1-3H3,(H,15,18)(H,16,17). The molecular weight excluding hydrogens is 264 g/mol. The van der Waals surface area contributed by atoms with E-state index in [4.69, 9.17) is 14.3 Å². The average Bonchev–Trinajstić information content (AvgIpc) is 2.75. The molecule has 0 fully saturated rings. The highest BCUT2D eigenvalue weighted by Gasteiger charge is 2.15. The van der Waals surface area contributed by atoms with E-state index in [1.807, 2.05) is 0 Å². The maximum absolute atomic E-state index is 11.3. The first-order chi connectivity index (χ1) is 9.28. The van der Waals surface area contributed by atoms with Crippen LogP contribution in [0.15, 0.2) is 16.7 Å². The van der Waals surface area contributed by atoms with Gasteiger partial charge in [-0.25, -0.2) is 9.59 Å². The Balaban J connectivity index is 2.16. The van der Waals surface area contributed by atoms with Crippen LogP contribution in [0.2, 0.25) is 0 Å². The van der Waals surface area contributed by atoms with Crippen molar-refractivity contribution < 1.29 is 23.8 Å². The van der Waals surface area contributed by atoms with Crippen molar-refractivity contribution in [1.82, 2.24) is 10.6 Å². The van der Waals surface area contributed by atoms with E-state index in [0.717, 1.165) is 0 Å². The van der Waals surface area contributed by atoms with Crippen LogP contribution in [0, 0.1) is 0 Å². The Kier molecular flexibility index (Phi) is 5.57. The number of carboxylic acids is 1. The van der Waals surface area contributed by atoms with E-state index in [9.17, 15) is 9.59 Å². The van der Waals surface area contributed by atoms with E-state index in [0.29, 0.717) is 25.4 Å². The van der Waals surface area contributed by atoms with Gasteiger partial charge in [-0.2, -0.15) is 0 Å². The van der Waals surface area contributed by atoms with Crippen LogP contribution in [0.5, 0.6) is 0 Å². The number of ether oxygens (including phenoxy) is 1. The number of carbonyl (C=O) groups is 2. The topological polar surface area (TPSA) is 101 Å². The maximum atomic E-state index is 11.3. The summed E-state index contributed by atoms with van der Waals surface area (Å²) in [5.41, 5.74) is -0.396. The molecule has 1 rings (SSSR count). The molecule has 0 aromatic carbocycles. The number of aromatic carboxylic acids is 1. The van der Waals surface area contributed by atoms with E-state index in [1.54, 1.807) is 20.8 Å². The minimum absolute atomic E-state index is 0.119. The molecule has 0 aliphatic heterocycles. The molecule has 0 bridgehead atoms. The smallest absolute Gasteiger partial charge is 0.407 e. The lowest BCUT2D eigenvalue weighted by Gasteiger charge is -2.19. The highest BCUT2D eigenvalue weighted by molar-refractivity contribution is 5.87.